The molecule has 25 heavy (non-hydrogen) atoms. The molecule has 1 aromatic rings. The Balaban J connectivity index is 1.46. The van der Waals surface area contributed by atoms with Crippen molar-refractivity contribution in [3.8, 4) is 5.75 Å². The van der Waals surface area contributed by atoms with Crippen LogP contribution in [0.3, 0.4) is 0 Å². The lowest BCUT2D eigenvalue weighted by Crippen LogP contribution is -2.52. The Kier molecular flexibility index (Phi) is 6.11. The van der Waals surface area contributed by atoms with Crippen LogP contribution in [-0.4, -0.2) is 74.9 Å². The summed E-state index contributed by atoms with van der Waals surface area (Å²) in [5.41, 5.74) is 1.14. The maximum Gasteiger partial charge on any atom is 0.282 e. The van der Waals surface area contributed by atoms with Gasteiger partial charge < -0.3 is 4.74 Å². The van der Waals surface area contributed by atoms with Gasteiger partial charge in [-0.05, 0) is 30.5 Å². The van der Waals surface area contributed by atoms with Gasteiger partial charge >= 0.3 is 0 Å². The SMILES string of the molecule is COc1ccc(/C=C/CN2CCN(S(=O)(=O)N3CCCC3)CC2)cc1. The molecule has 0 atom stereocenters. The van der Waals surface area contributed by atoms with Gasteiger partial charge in [0.1, 0.15) is 5.75 Å². The molecule has 2 aliphatic rings. The van der Waals surface area contributed by atoms with Crippen LogP contribution in [0.2, 0.25) is 0 Å². The van der Waals surface area contributed by atoms with Gasteiger partial charge in [-0.1, -0.05) is 24.3 Å². The normalized spacial score (nSPS) is 21.2. The highest BCUT2D eigenvalue weighted by Crippen LogP contribution is 2.18. The monoisotopic (exact) mass is 365 g/mol. The van der Waals surface area contributed by atoms with E-state index in [1.807, 2.05) is 24.3 Å². The fourth-order valence-electron chi connectivity index (χ4n) is 3.28. The summed E-state index contributed by atoms with van der Waals surface area (Å²) in [6, 6.07) is 7.94. The van der Waals surface area contributed by atoms with E-state index in [9.17, 15) is 8.42 Å². The fourth-order valence-corrected chi connectivity index (χ4v) is 4.95. The van der Waals surface area contributed by atoms with E-state index in [4.69, 9.17) is 4.74 Å². The summed E-state index contributed by atoms with van der Waals surface area (Å²) in [7, 11) is -1.58. The third-order valence-corrected chi connectivity index (χ3v) is 6.87. The fraction of sp³-hybridized carbons (Fsp3) is 0.556. The summed E-state index contributed by atoms with van der Waals surface area (Å²) in [6.07, 6.45) is 6.18. The number of hydrogen-bond donors (Lipinski definition) is 0. The molecular formula is C18H27N3O3S. The average molecular weight is 365 g/mol. The third-order valence-electron chi connectivity index (χ3n) is 4.84. The summed E-state index contributed by atoms with van der Waals surface area (Å²) in [4.78, 5) is 2.29. The highest BCUT2D eigenvalue weighted by atomic mass is 32.2. The molecule has 0 bridgehead atoms. The maximum absolute atomic E-state index is 12.6. The number of methoxy groups -OCH3 is 1. The summed E-state index contributed by atoms with van der Waals surface area (Å²) in [6.45, 7) is 4.90. The first kappa shape index (κ1) is 18.4. The van der Waals surface area contributed by atoms with E-state index in [1.165, 1.54) is 0 Å². The number of hydrogen-bond acceptors (Lipinski definition) is 4. The van der Waals surface area contributed by atoms with Gasteiger partial charge in [-0.15, -0.1) is 0 Å². The third kappa shape index (κ3) is 4.61. The Hall–Kier alpha value is -1.41. The van der Waals surface area contributed by atoms with Gasteiger partial charge in [0.15, 0.2) is 0 Å². The van der Waals surface area contributed by atoms with Gasteiger partial charge in [0.25, 0.3) is 10.2 Å². The highest BCUT2D eigenvalue weighted by Gasteiger charge is 2.33. The van der Waals surface area contributed by atoms with Crippen LogP contribution >= 0.6 is 0 Å². The molecule has 0 unspecified atom stereocenters. The van der Waals surface area contributed by atoms with E-state index in [0.717, 1.165) is 43.8 Å². The van der Waals surface area contributed by atoms with Gasteiger partial charge in [0.05, 0.1) is 7.11 Å². The number of ether oxygens (including phenoxy) is 1. The van der Waals surface area contributed by atoms with Crippen molar-refractivity contribution in [1.82, 2.24) is 13.5 Å². The molecule has 0 aliphatic carbocycles. The smallest absolute Gasteiger partial charge is 0.282 e. The summed E-state index contributed by atoms with van der Waals surface area (Å²) in [5.74, 6) is 0.854. The van der Waals surface area contributed by atoms with Crippen LogP contribution < -0.4 is 4.74 Å². The topological polar surface area (TPSA) is 53.1 Å². The van der Waals surface area contributed by atoms with Crippen LogP contribution in [0.25, 0.3) is 6.08 Å². The minimum Gasteiger partial charge on any atom is -0.497 e. The van der Waals surface area contributed by atoms with E-state index >= 15 is 0 Å². The lowest BCUT2D eigenvalue weighted by molar-refractivity contribution is 0.197. The van der Waals surface area contributed by atoms with E-state index in [2.05, 4.69) is 17.1 Å². The van der Waals surface area contributed by atoms with Crippen molar-refractivity contribution >= 4 is 16.3 Å². The quantitative estimate of drug-likeness (QED) is 0.769. The molecule has 2 saturated heterocycles. The molecule has 0 N–H and O–H groups in total. The van der Waals surface area contributed by atoms with Crippen molar-refractivity contribution in [3.05, 3.63) is 35.9 Å². The predicted molar refractivity (Wildman–Crippen MR) is 99.8 cm³/mol. The van der Waals surface area contributed by atoms with Crippen LogP contribution in [0.5, 0.6) is 5.75 Å². The van der Waals surface area contributed by atoms with Gasteiger partial charge in [0, 0.05) is 45.8 Å². The first-order chi connectivity index (χ1) is 12.1. The van der Waals surface area contributed by atoms with E-state index in [1.54, 1.807) is 15.7 Å². The Bertz CT molecular complexity index is 674. The van der Waals surface area contributed by atoms with E-state index < -0.39 is 10.2 Å². The molecule has 2 heterocycles. The van der Waals surface area contributed by atoms with Crippen molar-refractivity contribution in [2.24, 2.45) is 0 Å². The van der Waals surface area contributed by atoms with Crippen molar-refractivity contribution in [1.29, 1.82) is 0 Å². The second kappa shape index (κ2) is 8.31. The van der Waals surface area contributed by atoms with Crippen LogP contribution in [-0.2, 0) is 10.2 Å². The first-order valence-electron chi connectivity index (χ1n) is 8.88. The molecule has 3 rings (SSSR count). The molecule has 7 heteroatoms. The molecule has 1 aromatic carbocycles. The summed E-state index contributed by atoms with van der Waals surface area (Å²) >= 11 is 0. The zero-order chi connectivity index (χ0) is 17.7. The van der Waals surface area contributed by atoms with Crippen LogP contribution in [0.4, 0.5) is 0 Å². The predicted octanol–water partition coefficient (Wildman–Crippen LogP) is 1.67. The molecule has 6 nitrogen and oxygen atoms in total. The molecule has 2 fully saturated rings. The molecule has 2 aliphatic heterocycles. The Morgan fingerprint density at radius 1 is 0.960 bits per heavy atom. The summed E-state index contributed by atoms with van der Waals surface area (Å²) in [5, 5.41) is 0. The van der Waals surface area contributed by atoms with Crippen molar-refractivity contribution in [2.75, 3.05) is 52.9 Å². The van der Waals surface area contributed by atoms with Crippen LogP contribution in [0.15, 0.2) is 30.3 Å². The highest BCUT2D eigenvalue weighted by molar-refractivity contribution is 7.86. The van der Waals surface area contributed by atoms with Gasteiger partial charge in [0.2, 0.25) is 0 Å². The molecule has 138 valence electrons. The lowest BCUT2D eigenvalue weighted by Gasteiger charge is -2.35. The number of piperazine rings is 1. The molecule has 0 aromatic heterocycles. The lowest BCUT2D eigenvalue weighted by atomic mass is 10.2. The maximum atomic E-state index is 12.6. The first-order valence-corrected chi connectivity index (χ1v) is 10.3. The second-order valence-corrected chi connectivity index (χ2v) is 8.42. The molecule has 0 spiro atoms. The van der Waals surface area contributed by atoms with E-state index in [-0.39, 0.29) is 0 Å². The number of rotatable bonds is 6. The van der Waals surface area contributed by atoms with Crippen molar-refractivity contribution in [3.63, 3.8) is 0 Å². The summed E-state index contributed by atoms with van der Waals surface area (Å²) < 4.78 is 33.5. The van der Waals surface area contributed by atoms with Crippen LogP contribution in [0, 0.1) is 0 Å². The zero-order valence-electron chi connectivity index (χ0n) is 14.8. The molecular weight excluding hydrogens is 338 g/mol. The van der Waals surface area contributed by atoms with Crippen LogP contribution in [0.1, 0.15) is 18.4 Å². The van der Waals surface area contributed by atoms with Crippen molar-refractivity contribution in [2.45, 2.75) is 12.8 Å². The average Bonchev–Trinajstić information content (AvgIpc) is 3.18. The Morgan fingerprint density at radius 2 is 1.56 bits per heavy atom. The molecule has 0 saturated carbocycles. The molecule has 0 amide bonds. The Labute approximate surface area is 150 Å². The Morgan fingerprint density at radius 3 is 2.16 bits per heavy atom. The minimum absolute atomic E-state index is 0.579. The standard InChI is InChI=1S/C18H27N3O3S/c1-24-18-8-6-17(7-9-18)5-4-10-19-13-15-21(16-14-19)25(22,23)20-11-2-3-12-20/h4-9H,2-3,10-16H2,1H3/b5-4+. The molecule has 0 radical (unpaired) electrons. The second-order valence-electron chi connectivity index (χ2n) is 6.49. The van der Waals surface area contributed by atoms with Crippen molar-refractivity contribution < 1.29 is 13.2 Å². The van der Waals surface area contributed by atoms with Gasteiger partial charge in [-0.2, -0.15) is 17.0 Å². The number of benzene rings is 1. The minimum atomic E-state index is -3.25. The van der Waals surface area contributed by atoms with Gasteiger partial charge in [-0.25, -0.2) is 0 Å². The van der Waals surface area contributed by atoms with E-state index in [0.29, 0.717) is 26.2 Å². The largest absolute Gasteiger partial charge is 0.497 e. The zero-order valence-corrected chi connectivity index (χ0v) is 15.6. The van der Waals surface area contributed by atoms with Gasteiger partial charge in [-0.3, -0.25) is 4.90 Å². The number of nitrogens with zero attached hydrogens (tertiary/aromatic N) is 3.